The van der Waals surface area contributed by atoms with Crippen LogP contribution in [0, 0.1) is 5.92 Å². The first-order valence-corrected chi connectivity index (χ1v) is 6.01. The second-order valence-electron chi connectivity index (χ2n) is 4.54. The zero-order chi connectivity index (χ0) is 13.1. The first kappa shape index (κ1) is 12.6. The Kier molecular flexibility index (Phi) is 3.62. The maximum Gasteiger partial charge on any atom is 0.169 e. The molecule has 4 N–H and O–H groups in total. The first-order chi connectivity index (χ1) is 8.61. The van der Waals surface area contributed by atoms with Crippen LogP contribution < -0.4 is 11.1 Å². The summed E-state index contributed by atoms with van der Waals surface area (Å²) in [6.07, 6.45) is 0. The molecule has 0 aliphatic rings. The average molecular weight is 246 g/mol. The van der Waals surface area contributed by atoms with E-state index in [0.29, 0.717) is 11.6 Å². The van der Waals surface area contributed by atoms with Crippen LogP contribution in [0.5, 0.6) is 0 Å². The summed E-state index contributed by atoms with van der Waals surface area (Å²) in [4.78, 5) is 8.76. The Morgan fingerprint density at radius 2 is 1.83 bits per heavy atom. The van der Waals surface area contributed by atoms with Gasteiger partial charge in [0.1, 0.15) is 0 Å². The summed E-state index contributed by atoms with van der Waals surface area (Å²) in [6, 6.07) is 7.67. The van der Waals surface area contributed by atoms with Gasteiger partial charge in [-0.3, -0.25) is 0 Å². The zero-order valence-corrected chi connectivity index (χ0v) is 10.6. The van der Waals surface area contributed by atoms with E-state index in [1.807, 2.05) is 38.1 Å². The molecule has 1 heterocycles. The minimum absolute atomic E-state index is 0.0766. The van der Waals surface area contributed by atoms with Gasteiger partial charge in [0.2, 0.25) is 0 Å². The lowest BCUT2D eigenvalue weighted by Crippen LogP contribution is -2.27. The predicted molar refractivity (Wildman–Crippen MR) is 73.3 cm³/mol. The van der Waals surface area contributed by atoms with Crippen molar-refractivity contribution in [3.05, 3.63) is 24.3 Å². The van der Waals surface area contributed by atoms with Gasteiger partial charge >= 0.3 is 0 Å². The second-order valence-corrected chi connectivity index (χ2v) is 4.54. The molecule has 18 heavy (non-hydrogen) atoms. The van der Waals surface area contributed by atoms with Crippen molar-refractivity contribution >= 4 is 22.7 Å². The number of anilines is 2. The van der Waals surface area contributed by atoms with Crippen molar-refractivity contribution in [1.82, 2.24) is 9.97 Å². The average Bonchev–Trinajstić information content (AvgIpc) is 2.38. The highest BCUT2D eigenvalue weighted by Crippen LogP contribution is 2.20. The van der Waals surface area contributed by atoms with Crippen LogP contribution >= 0.6 is 0 Å². The Morgan fingerprint density at radius 3 is 2.44 bits per heavy atom. The van der Waals surface area contributed by atoms with E-state index in [1.54, 1.807) is 0 Å². The van der Waals surface area contributed by atoms with Crippen LogP contribution in [0.4, 0.5) is 11.6 Å². The molecule has 0 amide bonds. The van der Waals surface area contributed by atoms with Gasteiger partial charge in [-0.05, 0) is 25.0 Å². The normalized spacial score (nSPS) is 14.4. The molecule has 2 atom stereocenters. The largest absolute Gasteiger partial charge is 0.396 e. The van der Waals surface area contributed by atoms with Gasteiger partial charge in [0.05, 0.1) is 11.0 Å². The Bertz CT molecular complexity index is 544. The summed E-state index contributed by atoms with van der Waals surface area (Å²) in [7, 11) is 0. The number of hydrogen-bond acceptors (Lipinski definition) is 5. The van der Waals surface area contributed by atoms with E-state index >= 15 is 0 Å². The van der Waals surface area contributed by atoms with E-state index in [-0.39, 0.29) is 18.6 Å². The molecular weight excluding hydrogens is 228 g/mol. The number of para-hydroxylation sites is 2. The van der Waals surface area contributed by atoms with Crippen molar-refractivity contribution in [3.8, 4) is 0 Å². The SMILES string of the molecule is CC(CO)C(C)Nc1nc2ccccc2nc1N. The van der Waals surface area contributed by atoms with Gasteiger partial charge in [-0.15, -0.1) is 0 Å². The summed E-state index contributed by atoms with van der Waals surface area (Å²) in [6.45, 7) is 4.06. The number of nitrogen functional groups attached to an aromatic ring is 1. The molecule has 1 aromatic carbocycles. The van der Waals surface area contributed by atoms with Crippen molar-refractivity contribution in [2.75, 3.05) is 17.7 Å². The fourth-order valence-corrected chi connectivity index (χ4v) is 1.64. The van der Waals surface area contributed by atoms with E-state index in [1.165, 1.54) is 0 Å². The van der Waals surface area contributed by atoms with E-state index in [4.69, 9.17) is 10.8 Å². The molecule has 0 saturated carbocycles. The summed E-state index contributed by atoms with van der Waals surface area (Å²) in [5.74, 6) is 1.07. The molecule has 0 fully saturated rings. The fraction of sp³-hybridized carbons (Fsp3) is 0.385. The van der Waals surface area contributed by atoms with Crippen molar-refractivity contribution in [2.24, 2.45) is 5.92 Å². The van der Waals surface area contributed by atoms with Crippen LogP contribution in [-0.2, 0) is 0 Å². The van der Waals surface area contributed by atoms with Gasteiger partial charge in [-0.2, -0.15) is 0 Å². The molecule has 2 unspecified atom stereocenters. The Morgan fingerprint density at radius 1 is 1.22 bits per heavy atom. The molecule has 0 saturated heterocycles. The highest BCUT2D eigenvalue weighted by molar-refractivity contribution is 5.79. The van der Waals surface area contributed by atoms with Crippen LogP contribution in [-0.4, -0.2) is 27.7 Å². The standard InChI is InChI=1S/C13H18N4O/c1-8(7-18)9(2)15-13-12(14)16-10-5-3-4-6-11(10)17-13/h3-6,8-9,18H,7H2,1-2H3,(H2,14,16)(H,15,17). The molecule has 96 valence electrons. The third-order valence-electron chi connectivity index (χ3n) is 3.10. The third kappa shape index (κ3) is 2.51. The molecule has 0 bridgehead atoms. The quantitative estimate of drug-likeness (QED) is 0.763. The van der Waals surface area contributed by atoms with Crippen LogP contribution in [0.3, 0.4) is 0 Å². The number of hydrogen-bond donors (Lipinski definition) is 3. The van der Waals surface area contributed by atoms with Crippen LogP contribution in [0.1, 0.15) is 13.8 Å². The first-order valence-electron chi connectivity index (χ1n) is 6.01. The van der Waals surface area contributed by atoms with Gasteiger partial charge in [0.15, 0.2) is 11.6 Å². The fourth-order valence-electron chi connectivity index (χ4n) is 1.64. The smallest absolute Gasteiger partial charge is 0.169 e. The summed E-state index contributed by atoms with van der Waals surface area (Å²) < 4.78 is 0. The maximum atomic E-state index is 9.12. The molecule has 0 spiro atoms. The van der Waals surface area contributed by atoms with Gasteiger partial charge in [0.25, 0.3) is 0 Å². The lowest BCUT2D eigenvalue weighted by Gasteiger charge is -2.20. The van der Waals surface area contributed by atoms with Gasteiger partial charge in [-0.1, -0.05) is 19.1 Å². The number of rotatable bonds is 4. The number of nitrogens with one attached hydrogen (secondary N) is 1. The number of aliphatic hydroxyl groups excluding tert-OH is 1. The summed E-state index contributed by atoms with van der Waals surface area (Å²) in [5, 5.41) is 12.3. The van der Waals surface area contributed by atoms with E-state index in [0.717, 1.165) is 11.0 Å². The zero-order valence-electron chi connectivity index (χ0n) is 10.6. The summed E-state index contributed by atoms with van der Waals surface area (Å²) in [5.41, 5.74) is 7.46. The number of aliphatic hydroxyl groups is 1. The minimum atomic E-state index is 0.0766. The molecule has 2 rings (SSSR count). The minimum Gasteiger partial charge on any atom is -0.396 e. The van der Waals surface area contributed by atoms with E-state index in [9.17, 15) is 0 Å². The van der Waals surface area contributed by atoms with Crippen LogP contribution in [0.2, 0.25) is 0 Å². The van der Waals surface area contributed by atoms with Gasteiger partial charge in [-0.25, -0.2) is 9.97 Å². The number of benzene rings is 1. The number of aromatic nitrogens is 2. The van der Waals surface area contributed by atoms with Gasteiger partial charge in [0, 0.05) is 12.6 Å². The molecule has 5 nitrogen and oxygen atoms in total. The predicted octanol–water partition coefficient (Wildman–Crippen LogP) is 1.64. The van der Waals surface area contributed by atoms with Crippen molar-refractivity contribution < 1.29 is 5.11 Å². The Balaban J connectivity index is 2.30. The highest BCUT2D eigenvalue weighted by atomic mass is 16.3. The molecule has 1 aromatic heterocycles. The molecule has 0 aliphatic heterocycles. The van der Waals surface area contributed by atoms with E-state index < -0.39 is 0 Å². The molecule has 2 aromatic rings. The van der Waals surface area contributed by atoms with Crippen molar-refractivity contribution in [1.29, 1.82) is 0 Å². The lowest BCUT2D eigenvalue weighted by atomic mass is 10.1. The van der Waals surface area contributed by atoms with Gasteiger partial charge < -0.3 is 16.2 Å². The number of nitrogens with two attached hydrogens (primary N) is 1. The summed E-state index contributed by atoms with van der Waals surface area (Å²) >= 11 is 0. The molecule has 0 radical (unpaired) electrons. The highest BCUT2D eigenvalue weighted by Gasteiger charge is 2.14. The van der Waals surface area contributed by atoms with E-state index in [2.05, 4.69) is 15.3 Å². The van der Waals surface area contributed by atoms with Crippen LogP contribution in [0.15, 0.2) is 24.3 Å². The van der Waals surface area contributed by atoms with Crippen molar-refractivity contribution in [3.63, 3.8) is 0 Å². The second kappa shape index (κ2) is 5.18. The molecule has 5 heteroatoms. The topological polar surface area (TPSA) is 84.1 Å². The number of fused-ring (bicyclic) bond motifs is 1. The number of nitrogens with zero attached hydrogens (tertiary/aromatic N) is 2. The molecular formula is C13H18N4O. The third-order valence-corrected chi connectivity index (χ3v) is 3.10. The molecule has 0 aliphatic carbocycles. The lowest BCUT2D eigenvalue weighted by molar-refractivity contribution is 0.226. The Hall–Kier alpha value is -1.88. The monoisotopic (exact) mass is 246 g/mol. The van der Waals surface area contributed by atoms with Crippen molar-refractivity contribution in [2.45, 2.75) is 19.9 Å². The Labute approximate surface area is 106 Å². The maximum absolute atomic E-state index is 9.12. The van der Waals surface area contributed by atoms with Crippen LogP contribution in [0.25, 0.3) is 11.0 Å².